The SMILES string of the molecule is [N-]=[N+]=NCCC(O)C(O)c1ccccc1CCC(=O)O. The zero-order valence-electron chi connectivity index (χ0n) is 10.9. The summed E-state index contributed by atoms with van der Waals surface area (Å²) in [6.07, 6.45) is -1.82. The summed E-state index contributed by atoms with van der Waals surface area (Å²) in [5, 5.41) is 32.0. The second-order valence-corrected chi connectivity index (χ2v) is 4.35. The lowest BCUT2D eigenvalue weighted by Gasteiger charge is -2.20. The lowest BCUT2D eigenvalue weighted by Crippen LogP contribution is -2.20. The molecular formula is C13H17N3O4. The Labute approximate surface area is 116 Å². The van der Waals surface area contributed by atoms with Gasteiger partial charge >= 0.3 is 5.97 Å². The van der Waals surface area contributed by atoms with E-state index < -0.39 is 18.2 Å². The van der Waals surface area contributed by atoms with Crippen LogP contribution in [0.3, 0.4) is 0 Å². The molecule has 20 heavy (non-hydrogen) atoms. The molecule has 0 bridgehead atoms. The number of hydrogen-bond donors (Lipinski definition) is 3. The number of azide groups is 1. The number of carboxylic acids is 1. The molecule has 108 valence electrons. The molecular weight excluding hydrogens is 262 g/mol. The Morgan fingerprint density at radius 3 is 2.70 bits per heavy atom. The van der Waals surface area contributed by atoms with Crippen molar-refractivity contribution in [2.45, 2.75) is 31.5 Å². The first kappa shape index (κ1) is 16.0. The van der Waals surface area contributed by atoms with Crippen LogP contribution >= 0.6 is 0 Å². The number of hydrogen-bond acceptors (Lipinski definition) is 4. The molecule has 2 atom stereocenters. The molecule has 0 amide bonds. The zero-order chi connectivity index (χ0) is 15.0. The number of nitrogens with zero attached hydrogens (tertiary/aromatic N) is 3. The van der Waals surface area contributed by atoms with Gasteiger partial charge < -0.3 is 15.3 Å². The Morgan fingerprint density at radius 2 is 2.05 bits per heavy atom. The average molecular weight is 279 g/mol. The quantitative estimate of drug-likeness (QED) is 0.381. The standard InChI is InChI=1S/C13H17N3O4/c14-16-15-8-7-11(17)13(20)10-4-2-1-3-9(10)5-6-12(18)19/h1-4,11,13,17,20H,5-8H2,(H,18,19). The van der Waals surface area contributed by atoms with Gasteiger partial charge in [0.25, 0.3) is 0 Å². The first-order chi connectivity index (χ1) is 9.56. The highest BCUT2D eigenvalue weighted by Gasteiger charge is 2.20. The average Bonchev–Trinajstić information content (AvgIpc) is 2.44. The van der Waals surface area contributed by atoms with Gasteiger partial charge in [0.05, 0.1) is 6.10 Å². The van der Waals surface area contributed by atoms with Gasteiger partial charge in [0.15, 0.2) is 0 Å². The van der Waals surface area contributed by atoms with E-state index in [0.29, 0.717) is 11.1 Å². The van der Waals surface area contributed by atoms with E-state index in [9.17, 15) is 15.0 Å². The molecule has 0 saturated carbocycles. The number of rotatable bonds is 8. The highest BCUT2D eigenvalue weighted by molar-refractivity contribution is 5.67. The molecule has 0 aliphatic heterocycles. The van der Waals surface area contributed by atoms with Gasteiger partial charge in [0, 0.05) is 17.9 Å². The molecule has 0 fully saturated rings. The minimum Gasteiger partial charge on any atom is -0.481 e. The first-order valence-electron chi connectivity index (χ1n) is 6.23. The van der Waals surface area contributed by atoms with Gasteiger partial charge in [-0.3, -0.25) is 4.79 Å². The molecule has 1 aromatic carbocycles. The normalized spacial score (nSPS) is 13.3. The second kappa shape index (κ2) is 8.16. The number of benzene rings is 1. The summed E-state index contributed by atoms with van der Waals surface area (Å²) >= 11 is 0. The molecule has 3 N–H and O–H groups in total. The summed E-state index contributed by atoms with van der Waals surface area (Å²) in [5.74, 6) is -0.918. The van der Waals surface area contributed by atoms with Crippen LogP contribution in [0.25, 0.3) is 10.4 Å². The van der Waals surface area contributed by atoms with Gasteiger partial charge in [-0.2, -0.15) is 0 Å². The number of carboxylic acid groups (broad SMARTS) is 1. The largest absolute Gasteiger partial charge is 0.481 e. The summed E-state index contributed by atoms with van der Waals surface area (Å²) in [7, 11) is 0. The number of carbonyl (C=O) groups is 1. The van der Waals surface area contributed by atoms with Crippen LogP contribution < -0.4 is 0 Å². The zero-order valence-corrected chi connectivity index (χ0v) is 10.9. The molecule has 1 rings (SSSR count). The third-order valence-electron chi connectivity index (χ3n) is 2.93. The molecule has 0 saturated heterocycles. The highest BCUT2D eigenvalue weighted by Crippen LogP contribution is 2.23. The Bertz CT molecular complexity index is 500. The van der Waals surface area contributed by atoms with E-state index in [1.54, 1.807) is 24.3 Å². The van der Waals surface area contributed by atoms with Crippen molar-refractivity contribution >= 4 is 5.97 Å². The second-order valence-electron chi connectivity index (χ2n) is 4.35. The molecule has 0 aliphatic rings. The van der Waals surface area contributed by atoms with Crippen molar-refractivity contribution in [2.75, 3.05) is 6.54 Å². The molecule has 1 aromatic rings. The van der Waals surface area contributed by atoms with E-state index in [1.807, 2.05) is 0 Å². The summed E-state index contributed by atoms with van der Waals surface area (Å²) < 4.78 is 0. The van der Waals surface area contributed by atoms with E-state index in [4.69, 9.17) is 10.6 Å². The molecule has 2 unspecified atom stereocenters. The van der Waals surface area contributed by atoms with E-state index in [2.05, 4.69) is 10.0 Å². The number of aryl methyl sites for hydroxylation is 1. The third-order valence-corrected chi connectivity index (χ3v) is 2.93. The van der Waals surface area contributed by atoms with E-state index in [-0.39, 0.29) is 25.8 Å². The Balaban J connectivity index is 2.77. The van der Waals surface area contributed by atoms with Crippen molar-refractivity contribution in [3.05, 3.63) is 45.8 Å². The van der Waals surface area contributed by atoms with Crippen LogP contribution in [-0.4, -0.2) is 33.9 Å². The predicted octanol–water partition coefficient (Wildman–Crippen LogP) is 1.80. The van der Waals surface area contributed by atoms with E-state index >= 15 is 0 Å². The first-order valence-corrected chi connectivity index (χ1v) is 6.23. The predicted molar refractivity (Wildman–Crippen MR) is 72.0 cm³/mol. The molecule has 0 radical (unpaired) electrons. The molecule has 0 spiro atoms. The minimum atomic E-state index is -1.13. The molecule has 7 heteroatoms. The molecule has 0 aliphatic carbocycles. The minimum absolute atomic E-state index is 0.0431. The smallest absolute Gasteiger partial charge is 0.303 e. The van der Waals surface area contributed by atoms with Crippen molar-refractivity contribution in [2.24, 2.45) is 5.11 Å². The lowest BCUT2D eigenvalue weighted by atomic mass is 9.94. The van der Waals surface area contributed by atoms with Crippen molar-refractivity contribution in [3.63, 3.8) is 0 Å². The van der Waals surface area contributed by atoms with Crippen LogP contribution in [0, 0.1) is 0 Å². The van der Waals surface area contributed by atoms with E-state index in [1.165, 1.54) is 0 Å². The molecule has 7 nitrogen and oxygen atoms in total. The highest BCUT2D eigenvalue weighted by atomic mass is 16.4. The van der Waals surface area contributed by atoms with Crippen LogP contribution in [0.5, 0.6) is 0 Å². The summed E-state index contributed by atoms with van der Waals surface area (Å²) in [5.41, 5.74) is 9.35. The number of aliphatic carboxylic acids is 1. The van der Waals surface area contributed by atoms with Gasteiger partial charge in [0.2, 0.25) is 0 Å². The third kappa shape index (κ3) is 4.89. The Morgan fingerprint density at radius 1 is 1.35 bits per heavy atom. The maximum absolute atomic E-state index is 10.6. The topological polar surface area (TPSA) is 127 Å². The van der Waals surface area contributed by atoms with Crippen LogP contribution in [0.4, 0.5) is 0 Å². The fourth-order valence-corrected chi connectivity index (χ4v) is 1.89. The number of aliphatic hydroxyl groups excluding tert-OH is 2. The maximum Gasteiger partial charge on any atom is 0.303 e. The van der Waals surface area contributed by atoms with Crippen LogP contribution in [-0.2, 0) is 11.2 Å². The Kier molecular flexibility index (Phi) is 6.52. The van der Waals surface area contributed by atoms with Gasteiger partial charge in [-0.15, -0.1) is 0 Å². The van der Waals surface area contributed by atoms with Crippen molar-refractivity contribution < 1.29 is 20.1 Å². The Hall–Kier alpha value is -2.08. The molecule has 0 aromatic heterocycles. The van der Waals surface area contributed by atoms with Crippen LogP contribution in [0.2, 0.25) is 0 Å². The van der Waals surface area contributed by atoms with Crippen LogP contribution in [0.15, 0.2) is 29.4 Å². The number of aliphatic hydroxyl groups is 2. The van der Waals surface area contributed by atoms with Crippen molar-refractivity contribution in [3.8, 4) is 0 Å². The van der Waals surface area contributed by atoms with Gasteiger partial charge in [-0.1, -0.05) is 29.4 Å². The summed E-state index contributed by atoms with van der Waals surface area (Å²) in [6.45, 7) is 0.0893. The van der Waals surface area contributed by atoms with Gasteiger partial charge in [-0.25, -0.2) is 0 Å². The van der Waals surface area contributed by atoms with Gasteiger partial charge in [-0.05, 0) is 29.5 Å². The van der Waals surface area contributed by atoms with Crippen LogP contribution in [0.1, 0.15) is 30.1 Å². The maximum atomic E-state index is 10.6. The summed E-state index contributed by atoms with van der Waals surface area (Å²) in [4.78, 5) is 13.2. The lowest BCUT2D eigenvalue weighted by molar-refractivity contribution is -0.136. The van der Waals surface area contributed by atoms with Gasteiger partial charge in [0.1, 0.15) is 6.10 Å². The van der Waals surface area contributed by atoms with Crippen molar-refractivity contribution in [1.29, 1.82) is 0 Å². The fraction of sp³-hybridized carbons (Fsp3) is 0.462. The summed E-state index contributed by atoms with van der Waals surface area (Å²) in [6, 6.07) is 6.84. The van der Waals surface area contributed by atoms with E-state index in [0.717, 1.165) is 0 Å². The van der Waals surface area contributed by atoms with Crippen molar-refractivity contribution in [1.82, 2.24) is 0 Å². The fourth-order valence-electron chi connectivity index (χ4n) is 1.89. The molecule has 0 heterocycles. The monoisotopic (exact) mass is 279 g/mol.